The minimum absolute atomic E-state index is 0.0506. The summed E-state index contributed by atoms with van der Waals surface area (Å²) in [6.07, 6.45) is 3.66. The summed E-state index contributed by atoms with van der Waals surface area (Å²) in [5, 5.41) is 12.7. The van der Waals surface area contributed by atoms with Crippen LogP contribution in [0.25, 0.3) is 5.57 Å². The molecule has 1 aliphatic heterocycles. The molecule has 0 radical (unpaired) electrons. The lowest BCUT2D eigenvalue weighted by Gasteiger charge is -1.99. The van der Waals surface area contributed by atoms with E-state index >= 15 is 0 Å². The van der Waals surface area contributed by atoms with Crippen molar-refractivity contribution in [3.05, 3.63) is 53.4 Å². The lowest BCUT2D eigenvalue weighted by atomic mass is 10.1. The lowest BCUT2D eigenvalue weighted by molar-refractivity contribution is -0.114. The third kappa shape index (κ3) is 2.23. The van der Waals surface area contributed by atoms with Crippen LogP contribution < -0.4 is 5.32 Å². The van der Waals surface area contributed by atoms with Crippen molar-refractivity contribution in [1.29, 1.82) is 0 Å². The molecule has 88 valence electrons. The Morgan fingerprint density at radius 2 is 2.00 bits per heavy atom. The van der Waals surface area contributed by atoms with Crippen LogP contribution in [0, 0.1) is 0 Å². The van der Waals surface area contributed by atoms with Gasteiger partial charge in [-0.15, -0.1) is 0 Å². The molecule has 1 aliphatic rings. The molecule has 2 N–H and O–H groups in total. The second-order valence-corrected chi connectivity index (χ2v) is 3.95. The Morgan fingerprint density at radius 1 is 1.29 bits per heavy atom. The molecule has 0 aromatic heterocycles. The molecule has 0 saturated heterocycles. The number of aliphatic hydroxyl groups is 1. The van der Waals surface area contributed by atoms with Crippen molar-refractivity contribution >= 4 is 11.5 Å². The first-order valence-corrected chi connectivity index (χ1v) is 5.74. The molecule has 1 aromatic carbocycles. The SMILES string of the molecule is CCCC=C1NC(=O)C(c2ccccc2)=C1O. The third-order valence-corrected chi connectivity index (χ3v) is 2.67. The van der Waals surface area contributed by atoms with E-state index in [0.29, 0.717) is 11.3 Å². The second kappa shape index (κ2) is 4.87. The van der Waals surface area contributed by atoms with Crippen LogP contribution in [0.5, 0.6) is 0 Å². The summed E-state index contributed by atoms with van der Waals surface area (Å²) in [4.78, 5) is 11.8. The highest BCUT2D eigenvalue weighted by Gasteiger charge is 2.27. The molecule has 3 heteroatoms. The highest BCUT2D eigenvalue weighted by molar-refractivity contribution is 6.24. The molecule has 3 nitrogen and oxygen atoms in total. The molecule has 1 amide bonds. The van der Waals surface area contributed by atoms with Gasteiger partial charge in [0.25, 0.3) is 5.91 Å². The van der Waals surface area contributed by atoms with E-state index in [-0.39, 0.29) is 11.7 Å². The van der Waals surface area contributed by atoms with Crippen LogP contribution in [0.15, 0.2) is 47.9 Å². The number of rotatable bonds is 3. The van der Waals surface area contributed by atoms with Gasteiger partial charge in [-0.3, -0.25) is 4.79 Å². The van der Waals surface area contributed by atoms with Gasteiger partial charge in [0, 0.05) is 0 Å². The number of nitrogens with one attached hydrogen (secondary N) is 1. The molecule has 17 heavy (non-hydrogen) atoms. The zero-order valence-corrected chi connectivity index (χ0v) is 9.73. The van der Waals surface area contributed by atoms with Crippen LogP contribution in [0.1, 0.15) is 25.3 Å². The van der Waals surface area contributed by atoms with Crippen LogP contribution >= 0.6 is 0 Å². The maximum absolute atomic E-state index is 11.8. The molecule has 2 rings (SSSR count). The van der Waals surface area contributed by atoms with Crippen LogP contribution in [0.4, 0.5) is 0 Å². The van der Waals surface area contributed by atoms with E-state index in [2.05, 4.69) is 5.32 Å². The molecule has 0 unspecified atom stereocenters. The predicted octanol–water partition coefficient (Wildman–Crippen LogP) is 2.77. The standard InChI is InChI=1S/C14H15NO2/c1-2-3-9-11-13(16)12(14(17)15-11)10-7-5-4-6-8-10/h4-9,16H,2-3H2,1H3,(H,15,17). The van der Waals surface area contributed by atoms with Crippen molar-refractivity contribution in [1.82, 2.24) is 5.32 Å². The molecule has 0 spiro atoms. The van der Waals surface area contributed by atoms with Crippen molar-refractivity contribution in [3.8, 4) is 0 Å². The summed E-state index contributed by atoms with van der Waals surface area (Å²) in [7, 11) is 0. The number of carbonyl (C=O) groups is 1. The first-order valence-electron chi connectivity index (χ1n) is 5.74. The maximum Gasteiger partial charge on any atom is 0.260 e. The van der Waals surface area contributed by atoms with E-state index < -0.39 is 0 Å². The van der Waals surface area contributed by atoms with E-state index in [0.717, 1.165) is 18.4 Å². The highest BCUT2D eigenvalue weighted by atomic mass is 16.3. The largest absolute Gasteiger partial charge is 0.505 e. The monoisotopic (exact) mass is 229 g/mol. The smallest absolute Gasteiger partial charge is 0.260 e. The topological polar surface area (TPSA) is 49.3 Å². The van der Waals surface area contributed by atoms with E-state index in [4.69, 9.17) is 0 Å². The number of benzene rings is 1. The van der Waals surface area contributed by atoms with Crippen LogP contribution in [-0.4, -0.2) is 11.0 Å². The molecule has 0 bridgehead atoms. The highest BCUT2D eigenvalue weighted by Crippen LogP contribution is 2.27. The first kappa shape index (κ1) is 11.5. The second-order valence-electron chi connectivity index (χ2n) is 3.95. The zero-order valence-electron chi connectivity index (χ0n) is 9.73. The third-order valence-electron chi connectivity index (χ3n) is 2.67. The van der Waals surface area contributed by atoms with Crippen molar-refractivity contribution in [2.75, 3.05) is 0 Å². The number of carbonyl (C=O) groups excluding carboxylic acids is 1. The minimum atomic E-state index is -0.240. The van der Waals surface area contributed by atoms with Gasteiger partial charge in [-0.1, -0.05) is 49.8 Å². The van der Waals surface area contributed by atoms with Crippen molar-refractivity contribution in [2.24, 2.45) is 0 Å². The minimum Gasteiger partial charge on any atom is -0.505 e. The van der Waals surface area contributed by atoms with Gasteiger partial charge in [0.05, 0.1) is 11.3 Å². The van der Waals surface area contributed by atoms with Gasteiger partial charge >= 0.3 is 0 Å². The first-order chi connectivity index (χ1) is 8.24. The number of hydrogen-bond acceptors (Lipinski definition) is 2. The van der Waals surface area contributed by atoms with Crippen LogP contribution in [-0.2, 0) is 4.79 Å². The zero-order chi connectivity index (χ0) is 12.3. The summed E-state index contributed by atoms with van der Waals surface area (Å²) in [5.74, 6) is -0.189. The quantitative estimate of drug-likeness (QED) is 0.837. The Hall–Kier alpha value is -2.03. The summed E-state index contributed by atoms with van der Waals surface area (Å²) < 4.78 is 0. The van der Waals surface area contributed by atoms with Crippen molar-refractivity contribution < 1.29 is 9.90 Å². The number of hydrogen-bond donors (Lipinski definition) is 2. The van der Waals surface area contributed by atoms with E-state index in [1.165, 1.54) is 0 Å². The molecule has 1 heterocycles. The number of amides is 1. The Kier molecular flexibility index (Phi) is 3.28. The van der Waals surface area contributed by atoms with Gasteiger partial charge in [0.2, 0.25) is 0 Å². The maximum atomic E-state index is 11.8. The van der Waals surface area contributed by atoms with Crippen LogP contribution in [0.3, 0.4) is 0 Å². The Labute approximate surface area is 100 Å². The molecule has 0 atom stereocenters. The fourth-order valence-corrected chi connectivity index (χ4v) is 1.80. The predicted molar refractivity (Wildman–Crippen MR) is 67.1 cm³/mol. The Bertz CT molecular complexity index is 486. The van der Waals surface area contributed by atoms with Gasteiger partial charge in [-0.25, -0.2) is 0 Å². The number of allylic oxidation sites excluding steroid dienone is 1. The summed E-state index contributed by atoms with van der Waals surface area (Å²) >= 11 is 0. The molecule has 0 aliphatic carbocycles. The van der Waals surface area contributed by atoms with Crippen molar-refractivity contribution in [3.63, 3.8) is 0 Å². The number of unbranched alkanes of at least 4 members (excludes halogenated alkanes) is 1. The fraction of sp³-hybridized carbons (Fsp3) is 0.214. The number of aliphatic hydroxyl groups excluding tert-OH is 1. The normalized spacial score (nSPS) is 17.7. The average molecular weight is 229 g/mol. The van der Waals surface area contributed by atoms with Gasteiger partial charge in [-0.2, -0.15) is 0 Å². The van der Waals surface area contributed by atoms with Gasteiger partial charge in [0.15, 0.2) is 5.76 Å². The van der Waals surface area contributed by atoms with Gasteiger partial charge < -0.3 is 10.4 Å². The fourth-order valence-electron chi connectivity index (χ4n) is 1.80. The van der Waals surface area contributed by atoms with E-state index in [1.807, 2.05) is 43.3 Å². The van der Waals surface area contributed by atoms with Crippen molar-refractivity contribution in [2.45, 2.75) is 19.8 Å². The average Bonchev–Trinajstić information content (AvgIpc) is 2.63. The van der Waals surface area contributed by atoms with Crippen LogP contribution in [0.2, 0.25) is 0 Å². The van der Waals surface area contributed by atoms with E-state index in [9.17, 15) is 9.90 Å². The summed E-state index contributed by atoms with van der Waals surface area (Å²) in [6.45, 7) is 2.05. The molecule has 1 aromatic rings. The summed E-state index contributed by atoms with van der Waals surface area (Å²) in [6, 6.07) is 9.19. The molecule has 0 saturated carbocycles. The Morgan fingerprint density at radius 3 is 2.65 bits per heavy atom. The van der Waals surface area contributed by atoms with Gasteiger partial charge in [-0.05, 0) is 12.0 Å². The Balaban J connectivity index is 2.39. The molecular weight excluding hydrogens is 214 g/mol. The molecular formula is C14H15NO2. The lowest BCUT2D eigenvalue weighted by Crippen LogP contribution is -2.15. The van der Waals surface area contributed by atoms with Gasteiger partial charge in [0.1, 0.15) is 0 Å². The van der Waals surface area contributed by atoms with E-state index in [1.54, 1.807) is 0 Å². The summed E-state index contributed by atoms with van der Waals surface area (Å²) in [5.41, 5.74) is 1.62. The molecule has 0 fully saturated rings.